The van der Waals surface area contributed by atoms with Gasteiger partial charge in [-0.1, -0.05) is 30.1 Å². The van der Waals surface area contributed by atoms with E-state index in [1.54, 1.807) is 29.0 Å². The Morgan fingerprint density at radius 1 is 1.10 bits per heavy atom. The Morgan fingerprint density at radius 2 is 1.86 bits per heavy atom. The number of halogens is 2. The summed E-state index contributed by atoms with van der Waals surface area (Å²) in [6, 6.07) is 8.65. The summed E-state index contributed by atoms with van der Waals surface area (Å²) >= 11 is 12.0. The number of carbonyl (C=O) groups is 2. The molecular formula is C21H27Cl2N3O3. The van der Waals surface area contributed by atoms with E-state index in [0.29, 0.717) is 41.8 Å². The van der Waals surface area contributed by atoms with Gasteiger partial charge in [0.1, 0.15) is 6.54 Å². The molecule has 0 spiro atoms. The monoisotopic (exact) mass is 439 g/mol. The molecule has 0 aliphatic rings. The highest BCUT2D eigenvalue weighted by Crippen LogP contribution is 2.23. The molecule has 6 nitrogen and oxygen atoms in total. The molecule has 29 heavy (non-hydrogen) atoms. The number of hydrogen-bond donors (Lipinski definition) is 0. The van der Waals surface area contributed by atoms with E-state index >= 15 is 0 Å². The summed E-state index contributed by atoms with van der Waals surface area (Å²) < 4.78 is 7.13. The molecule has 2 amide bonds. The van der Waals surface area contributed by atoms with Crippen molar-refractivity contribution in [2.24, 2.45) is 7.05 Å². The van der Waals surface area contributed by atoms with Gasteiger partial charge in [0, 0.05) is 44.7 Å². The molecule has 0 aliphatic carbocycles. The SMILES string of the molecule is CCCN(CC(=O)N(CCOC)Cc1cccn1C)C(=O)c1ccc(Cl)c(Cl)c1. The lowest BCUT2D eigenvalue weighted by Gasteiger charge is -2.28. The Balaban J connectivity index is 2.16. The number of carbonyl (C=O) groups excluding carboxylic acids is 2. The van der Waals surface area contributed by atoms with Crippen molar-refractivity contribution in [2.45, 2.75) is 19.9 Å². The van der Waals surface area contributed by atoms with E-state index in [1.807, 2.05) is 36.9 Å². The first-order valence-electron chi connectivity index (χ1n) is 9.48. The maximum Gasteiger partial charge on any atom is 0.254 e. The molecule has 0 atom stereocenters. The summed E-state index contributed by atoms with van der Waals surface area (Å²) in [5, 5.41) is 0.695. The second kappa shape index (κ2) is 11.2. The molecule has 0 aliphatic heterocycles. The highest BCUT2D eigenvalue weighted by Gasteiger charge is 2.23. The fraction of sp³-hybridized carbons (Fsp3) is 0.429. The van der Waals surface area contributed by atoms with Crippen LogP contribution in [0.25, 0.3) is 0 Å². The molecule has 0 bridgehead atoms. The number of methoxy groups -OCH3 is 1. The third-order valence-corrected chi connectivity index (χ3v) is 5.33. The van der Waals surface area contributed by atoms with Gasteiger partial charge < -0.3 is 19.1 Å². The van der Waals surface area contributed by atoms with Crippen LogP contribution in [-0.2, 0) is 23.1 Å². The highest BCUT2D eigenvalue weighted by atomic mass is 35.5. The van der Waals surface area contributed by atoms with Crippen molar-refractivity contribution in [1.29, 1.82) is 0 Å². The Bertz CT molecular complexity index is 838. The molecule has 158 valence electrons. The molecule has 2 rings (SSSR count). The van der Waals surface area contributed by atoms with Crippen LogP contribution < -0.4 is 0 Å². The van der Waals surface area contributed by atoms with Gasteiger partial charge in [-0.2, -0.15) is 0 Å². The van der Waals surface area contributed by atoms with Crippen LogP contribution in [0.4, 0.5) is 0 Å². The van der Waals surface area contributed by atoms with Crippen molar-refractivity contribution in [1.82, 2.24) is 14.4 Å². The zero-order valence-electron chi connectivity index (χ0n) is 17.0. The third kappa shape index (κ3) is 6.49. The van der Waals surface area contributed by atoms with Crippen LogP contribution in [0.15, 0.2) is 36.5 Å². The maximum absolute atomic E-state index is 13.0. The molecule has 0 saturated carbocycles. The predicted molar refractivity (Wildman–Crippen MR) is 115 cm³/mol. The molecule has 2 aromatic rings. The van der Waals surface area contributed by atoms with Crippen LogP contribution in [0, 0.1) is 0 Å². The van der Waals surface area contributed by atoms with Crippen molar-refractivity contribution < 1.29 is 14.3 Å². The van der Waals surface area contributed by atoms with Crippen LogP contribution in [0.5, 0.6) is 0 Å². The molecule has 1 aromatic heterocycles. The largest absolute Gasteiger partial charge is 0.383 e. The van der Waals surface area contributed by atoms with E-state index in [9.17, 15) is 9.59 Å². The van der Waals surface area contributed by atoms with Crippen molar-refractivity contribution in [3.8, 4) is 0 Å². The number of aromatic nitrogens is 1. The first kappa shape index (κ1) is 23.3. The van der Waals surface area contributed by atoms with Gasteiger partial charge in [0.05, 0.1) is 23.2 Å². The van der Waals surface area contributed by atoms with Crippen molar-refractivity contribution in [3.63, 3.8) is 0 Å². The normalized spacial score (nSPS) is 10.8. The second-order valence-electron chi connectivity index (χ2n) is 6.77. The minimum Gasteiger partial charge on any atom is -0.383 e. The van der Waals surface area contributed by atoms with Crippen LogP contribution in [0.1, 0.15) is 29.4 Å². The minimum absolute atomic E-state index is 0.0128. The quantitative estimate of drug-likeness (QED) is 0.564. The molecule has 8 heteroatoms. The third-order valence-electron chi connectivity index (χ3n) is 4.60. The molecular weight excluding hydrogens is 413 g/mol. The van der Waals surface area contributed by atoms with E-state index in [-0.39, 0.29) is 18.4 Å². The van der Waals surface area contributed by atoms with Crippen LogP contribution in [-0.4, -0.2) is 59.5 Å². The summed E-state index contributed by atoms with van der Waals surface area (Å²) in [5.41, 5.74) is 1.42. The number of nitrogens with zero attached hydrogens (tertiary/aromatic N) is 3. The van der Waals surface area contributed by atoms with Gasteiger partial charge in [-0.15, -0.1) is 0 Å². The average molecular weight is 440 g/mol. The van der Waals surface area contributed by atoms with Gasteiger partial charge in [-0.05, 0) is 36.8 Å². The summed E-state index contributed by atoms with van der Waals surface area (Å²) in [6.07, 6.45) is 2.67. The standard InChI is InChI=1S/C21H27Cl2N3O3/c1-4-9-26(21(28)16-7-8-18(22)19(23)13-16)15-20(27)25(11-12-29-3)14-17-6-5-10-24(17)2/h5-8,10,13H,4,9,11-12,14-15H2,1-3H3. The number of amides is 2. The lowest BCUT2D eigenvalue weighted by atomic mass is 10.2. The average Bonchev–Trinajstić information content (AvgIpc) is 3.10. The van der Waals surface area contributed by atoms with Gasteiger partial charge in [-0.3, -0.25) is 9.59 Å². The zero-order valence-corrected chi connectivity index (χ0v) is 18.5. The Labute approximate surface area is 181 Å². The number of ether oxygens (including phenoxy) is 1. The van der Waals surface area contributed by atoms with Gasteiger partial charge >= 0.3 is 0 Å². The molecule has 1 aromatic carbocycles. The van der Waals surface area contributed by atoms with E-state index in [4.69, 9.17) is 27.9 Å². The smallest absolute Gasteiger partial charge is 0.254 e. The molecule has 0 saturated heterocycles. The van der Waals surface area contributed by atoms with Crippen molar-refractivity contribution >= 4 is 35.0 Å². The summed E-state index contributed by atoms with van der Waals surface area (Å²) in [5.74, 6) is -0.380. The number of rotatable bonds is 10. The van der Waals surface area contributed by atoms with Crippen LogP contribution in [0.3, 0.4) is 0 Å². The Hall–Kier alpha value is -2.02. The number of aryl methyl sites for hydroxylation is 1. The van der Waals surface area contributed by atoms with Gasteiger partial charge in [0.15, 0.2) is 0 Å². The Morgan fingerprint density at radius 3 is 2.45 bits per heavy atom. The van der Waals surface area contributed by atoms with E-state index in [1.165, 1.54) is 6.07 Å². The summed E-state index contributed by atoms with van der Waals surface area (Å²) in [4.78, 5) is 29.3. The topological polar surface area (TPSA) is 54.8 Å². The van der Waals surface area contributed by atoms with Crippen LogP contribution in [0.2, 0.25) is 10.0 Å². The highest BCUT2D eigenvalue weighted by molar-refractivity contribution is 6.42. The first-order valence-corrected chi connectivity index (χ1v) is 10.2. The molecule has 0 radical (unpaired) electrons. The predicted octanol–water partition coefficient (Wildman–Crippen LogP) is 3.86. The fourth-order valence-corrected chi connectivity index (χ4v) is 3.25. The molecule has 1 heterocycles. The molecule has 0 N–H and O–H groups in total. The fourth-order valence-electron chi connectivity index (χ4n) is 2.95. The summed E-state index contributed by atoms with van der Waals surface area (Å²) in [6.45, 7) is 3.74. The lowest BCUT2D eigenvalue weighted by Crippen LogP contribution is -2.44. The van der Waals surface area contributed by atoms with E-state index < -0.39 is 0 Å². The van der Waals surface area contributed by atoms with Crippen molar-refractivity contribution in [2.75, 3.05) is 33.4 Å². The second-order valence-corrected chi connectivity index (χ2v) is 7.59. The van der Waals surface area contributed by atoms with Gasteiger partial charge in [-0.25, -0.2) is 0 Å². The van der Waals surface area contributed by atoms with Gasteiger partial charge in [0.2, 0.25) is 5.91 Å². The summed E-state index contributed by atoms with van der Waals surface area (Å²) in [7, 11) is 3.54. The molecule has 0 fully saturated rings. The van der Waals surface area contributed by atoms with E-state index in [0.717, 1.165) is 12.1 Å². The maximum atomic E-state index is 13.0. The first-order chi connectivity index (χ1) is 13.9. The molecule has 0 unspecified atom stereocenters. The minimum atomic E-state index is -0.246. The van der Waals surface area contributed by atoms with E-state index in [2.05, 4.69) is 0 Å². The van der Waals surface area contributed by atoms with Crippen LogP contribution >= 0.6 is 23.2 Å². The number of hydrogen-bond acceptors (Lipinski definition) is 3. The zero-order chi connectivity index (χ0) is 21.4. The lowest BCUT2D eigenvalue weighted by molar-refractivity contribution is -0.133. The van der Waals surface area contributed by atoms with Crippen molar-refractivity contribution in [3.05, 3.63) is 57.8 Å². The Kier molecular flexibility index (Phi) is 9.01. The number of benzene rings is 1. The van der Waals surface area contributed by atoms with Gasteiger partial charge in [0.25, 0.3) is 5.91 Å².